The van der Waals surface area contributed by atoms with Crippen LogP contribution in [-0.2, 0) is 0 Å². The zero-order valence-corrected chi connectivity index (χ0v) is 22.6. The summed E-state index contributed by atoms with van der Waals surface area (Å²) < 4.78 is 118. The van der Waals surface area contributed by atoms with Gasteiger partial charge in [0, 0.05) is 22.9 Å². The summed E-state index contributed by atoms with van der Waals surface area (Å²) in [6.07, 6.45) is 1.05. The lowest BCUT2D eigenvalue weighted by Gasteiger charge is -2.26. The summed E-state index contributed by atoms with van der Waals surface area (Å²) in [7, 11) is 0. The van der Waals surface area contributed by atoms with Gasteiger partial charge in [-0.1, -0.05) is 24.1 Å². The predicted octanol–water partition coefficient (Wildman–Crippen LogP) is 10.2. The van der Waals surface area contributed by atoms with E-state index in [9.17, 15) is 22.0 Å². The average molecular weight is 601 g/mol. The number of allylic oxidation sites excluding steroid dienone is 1. The van der Waals surface area contributed by atoms with Crippen molar-refractivity contribution in [1.29, 1.82) is 0 Å². The Morgan fingerprint density at radius 3 is 2.12 bits per heavy atom. The largest absolute Gasteiger partial charge is 0.493 e. The number of ether oxygens (including phenoxy) is 1. The highest BCUT2D eigenvalue weighted by molar-refractivity contribution is 5.89. The van der Waals surface area contributed by atoms with Crippen LogP contribution < -0.4 is 4.74 Å². The minimum absolute atomic E-state index is 0.0571. The van der Waals surface area contributed by atoms with Crippen molar-refractivity contribution in [3.05, 3.63) is 102 Å². The van der Waals surface area contributed by atoms with Gasteiger partial charge in [0.25, 0.3) is 0 Å². The summed E-state index contributed by atoms with van der Waals surface area (Å²) in [5, 5.41) is -0.439. The first kappa shape index (κ1) is 30.1. The molecule has 0 unspecified atom stereocenters. The Labute approximate surface area is 242 Å². The van der Waals surface area contributed by atoms with Crippen molar-refractivity contribution >= 4 is 10.8 Å². The highest BCUT2D eigenvalue weighted by atomic mass is 19.4. The van der Waals surface area contributed by atoms with Crippen molar-refractivity contribution in [3.63, 3.8) is 0 Å². The summed E-state index contributed by atoms with van der Waals surface area (Å²) >= 11 is 0. The van der Waals surface area contributed by atoms with Crippen molar-refractivity contribution < 1.29 is 39.9 Å². The molecular weight excluding hydrogens is 576 g/mol. The fourth-order valence-corrected chi connectivity index (χ4v) is 5.36. The van der Waals surface area contributed by atoms with Crippen molar-refractivity contribution in [2.45, 2.75) is 31.9 Å². The number of halogens is 8. The molecule has 0 N–H and O–H groups in total. The predicted molar refractivity (Wildman–Crippen MR) is 149 cm³/mol. The van der Waals surface area contributed by atoms with E-state index in [-0.39, 0.29) is 27.5 Å². The summed E-state index contributed by atoms with van der Waals surface area (Å²) in [5.41, 5.74) is -1.82. The van der Waals surface area contributed by atoms with Gasteiger partial charge in [-0.05, 0) is 90.4 Å². The lowest BCUT2D eigenvalue weighted by atomic mass is 9.82. The zero-order valence-electron chi connectivity index (χ0n) is 22.6. The normalized spacial score (nSPS) is 16.9. The second-order valence-corrected chi connectivity index (χ2v) is 10.5. The first-order chi connectivity index (χ1) is 20.4. The molecule has 222 valence electrons. The summed E-state index contributed by atoms with van der Waals surface area (Å²) in [6.45, 7) is 4.26. The molecule has 1 aliphatic carbocycles. The minimum atomic E-state index is -4.96. The minimum Gasteiger partial charge on any atom is -0.493 e. The second kappa shape index (κ2) is 12.1. The van der Waals surface area contributed by atoms with E-state index in [4.69, 9.17) is 4.74 Å². The van der Waals surface area contributed by atoms with E-state index in [1.807, 2.05) is 6.08 Å². The lowest BCUT2D eigenvalue weighted by Crippen LogP contribution is -2.19. The van der Waals surface area contributed by atoms with Gasteiger partial charge in [-0.3, -0.25) is 0 Å². The standard InChI is InChI=1S/C34H24F8O/c1-2-19-3-5-20(6-4-19)18-43-24-8-10-25(29(36)17-24)23-15-30(37)32(31(38)16-23)21-7-9-26-22(13-21)14-28(35)27(33(26)39)11-12-34(40,41)42/h2,7-10,13-17,19-20H,1,3-6,18H2. The molecule has 0 spiro atoms. The molecule has 0 amide bonds. The molecule has 1 saturated carbocycles. The van der Waals surface area contributed by atoms with Crippen molar-refractivity contribution in [2.24, 2.45) is 11.8 Å². The highest BCUT2D eigenvalue weighted by Gasteiger charge is 2.24. The van der Waals surface area contributed by atoms with E-state index >= 15 is 13.2 Å². The Kier molecular flexibility index (Phi) is 8.50. The maximum atomic E-state index is 15.2. The van der Waals surface area contributed by atoms with Crippen molar-refractivity contribution in [3.8, 4) is 39.8 Å². The Morgan fingerprint density at radius 1 is 0.791 bits per heavy atom. The van der Waals surface area contributed by atoms with Crippen LogP contribution in [0.1, 0.15) is 31.2 Å². The van der Waals surface area contributed by atoms with Gasteiger partial charge >= 0.3 is 6.18 Å². The molecule has 43 heavy (non-hydrogen) atoms. The molecule has 0 atom stereocenters. The first-order valence-electron chi connectivity index (χ1n) is 13.5. The van der Waals surface area contributed by atoms with Gasteiger partial charge in [0.2, 0.25) is 0 Å². The number of hydrogen-bond donors (Lipinski definition) is 0. The third-order valence-electron chi connectivity index (χ3n) is 7.65. The quantitative estimate of drug-likeness (QED) is 0.122. The van der Waals surface area contributed by atoms with Crippen LogP contribution in [0.3, 0.4) is 0 Å². The molecule has 1 nitrogen and oxygen atoms in total. The Morgan fingerprint density at radius 2 is 1.49 bits per heavy atom. The molecule has 1 aliphatic rings. The van der Waals surface area contributed by atoms with Crippen LogP contribution in [0, 0.1) is 52.8 Å². The first-order valence-corrected chi connectivity index (χ1v) is 13.5. The van der Waals surface area contributed by atoms with Crippen LogP contribution in [0.5, 0.6) is 5.75 Å². The van der Waals surface area contributed by atoms with E-state index in [2.05, 4.69) is 6.58 Å². The fourth-order valence-electron chi connectivity index (χ4n) is 5.36. The van der Waals surface area contributed by atoms with Crippen LogP contribution in [0.25, 0.3) is 33.0 Å². The third kappa shape index (κ3) is 6.69. The van der Waals surface area contributed by atoms with Gasteiger partial charge in [-0.2, -0.15) is 13.2 Å². The van der Waals surface area contributed by atoms with Crippen LogP contribution in [-0.4, -0.2) is 12.8 Å². The van der Waals surface area contributed by atoms with Crippen LogP contribution in [0.15, 0.2) is 67.3 Å². The van der Waals surface area contributed by atoms with Gasteiger partial charge in [-0.25, -0.2) is 22.0 Å². The molecular formula is C34H24F8O. The Balaban J connectivity index is 1.38. The molecule has 9 heteroatoms. The average Bonchev–Trinajstić information content (AvgIpc) is 2.95. The molecule has 0 bridgehead atoms. The van der Waals surface area contributed by atoms with Gasteiger partial charge < -0.3 is 4.74 Å². The van der Waals surface area contributed by atoms with Crippen LogP contribution in [0.2, 0.25) is 0 Å². The SMILES string of the molecule is C=CC1CCC(COc2ccc(-c3cc(F)c(-c4ccc5c(F)c(C#CC(F)(F)F)c(F)cc5c4)c(F)c3)c(F)c2)CC1. The van der Waals surface area contributed by atoms with Gasteiger partial charge in [0.1, 0.15) is 34.8 Å². The molecule has 0 radical (unpaired) electrons. The molecule has 4 aromatic rings. The van der Waals surface area contributed by atoms with Gasteiger partial charge in [-0.15, -0.1) is 6.58 Å². The van der Waals surface area contributed by atoms with Crippen LogP contribution in [0.4, 0.5) is 35.1 Å². The molecule has 4 aromatic carbocycles. The van der Waals surface area contributed by atoms with E-state index in [1.165, 1.54) is 18.1 Å². The lowest BCUT2D eigenvalue weighted by molar-refractivity contribution is -0.0696. The number of hydrogen-bond acceptors (Lipinski definition) is 1. The van der Waals surface area contributed by atoms with Crippen molar-refractivity contribution in [2.75, 3.05) is 6.61 Å². The summed E-state index contributed by atoms with van der Waals surface area (Å²) in [5.74, 6) is -2.12. The van der Waals surface area contributed by atoms with Crippen molar-refractivity contribution in [1.82, 2.24) is 0 Å². The van der Waals surface area contributed by atoms with Gasteiger partial charge in [0.15, 0.2) is 0 Å². The highest BCUT2D eigenvalue weighted by Crippen LogP contribution is 2.36. The van der Waals surface area contributed by atoms with Gasteiger partial charge in [0.05, 0.1) is 17.7 Å². The van der Waals surface area contributed by atoms with E-state index in [0.717, 1.165) is 74.1 Å². The summed E-state index contributed by atoms with van der Waals surface area (Å²) in [6, 6.07) is 9.97. The fraction of sp³-hybridized carbons (Fsp3) is 0.235. The smallest absolute Gasteiger partial charge is 0.458 e. The molecule has 0 heterocycles. The van der Waals surface area contributed by atoms with E-state index in [1.54, 1.807) is 0 Å². The maximum Gasteiger partial charge on any atom is 0.458 e. The second-order valence-electron chi connectivity index (χ2n) is 10.5. The number of alkyl halides is 3. The molecule has 1 fully saturated rings. The number of rotatable bonds is 6. The topological polar surface area (TPSA) is 9.23 Å². The summed E-state index contributed by atoms with van der Waals surface area (Å²) in [4.78, 5) is 0. The van der Waals surface area contributed by atoms with E-state index in [0.29, 0.717) is 24.2 Å². The Hall–Kier alpha value is -4.32. The maximum absolute atomic E-state index is 15.2. The third-order valence-corrected chi connectivity index (χ3v) is 7.65. The van der Waals surface area contributed by atoms with E-state index < -0.39 is 46.4 Å². The number of fused-ring (bicyclic) bond motifs is 1. The van der Waals surface area contributed by atoms with Crippen LogP contribution >= 0.6 is 0 Å². The Bertz CT molecular complexity index is 1730. The molecule has 0 saturated heterocycles. The molecule has 0 aliphatic heterocycles. The number of benzene rings is 4. The zero-order chi connectivity index (χ0) is 30.9. The molecule has 0 aromatic heterocycles. The molecule has 5 rings (SSSR count). The monoisotopic (exact) mass is 600 g/mol.